The quantitative estimate of drug-likeness (QED) is 0.404. The van der Waals surface area contributed by atoms with Gasteiger partial charge in [0.1, 0.15) is 11.4 Å². The number of pyridine rings is 1. The zero-order chi connectivity index (χ0) is 25.0. The van der Waals surface area contributed by atoms with Gasteiger partial charge in [0.25, 0.3) is 5.91 Å². The predicted octanol–water partition coefficient (Wildman–Crippen LogP) is 4.99. The third kappa shape index (κ3) is 3.66. The van der Waals surface area contributed by atoms with Crippen LogP contribution < -0.4 is 4.74 Å². The summed E-state index contributed by atoms with van der Waals surface area (Å²) in [5.74, 6) is 1.43. The van der Waals surface area contributed by atoms with Crippen molar-refractivity contribution in [3.8, 4) is 11.6 Å². The van der Waals surface area contributed by atoms with E-state index >= 15 is 0 Å². The third-order valence-electron chi connectivity index (χ3n) is 7.71. The Morgan fingerprint density at radius 3 is 2.56 bits per heavy atom. The first-order chi connectivity index (χ1) is 17.3. The fourth-order valence-electron chi connectivity index (χ4n) is 5.34. The number of hydrogen-bond donors (Lipinski definition) is 0. The van der Waals surface area contributed by atoms with E-state index in [0.29, 0.717) is 55.0 Å². The van der Waals surface area contributed by atoms with Crippen molar-refractivity contribution in [2.24, 2.45) is 0 Å². The number of carbonyl (C=O) groups is 2. The Balaban J connectivity index is 1.20. The molecule has 1 saturated heterocycles. The molecule has 0 radical (unpaired) electrons. The van der Waals surface area contributed by atoms with Gasteiger partial charge in [-0.25, -0.2) is 9.67 Å². The molecule has 1 spiro atoms. The predicted molar refractivity (Wildman–Crippen MR) is 137 cm³/mol. The molecule has 1 amide bonds. The van der Waals surface area contributed by atoms with Crippen LogP contribution in [0.2, 0.25) is 0 Å². The van der Waals surface area contributed by atoms with E-state index in [-0.39, 0.29) is 11.7 Å². The summed E-state index contributed by atoms with van der Waals surface area (Å²) in [7, 11) is 0. The number of para-hydroxylation sites is 1. The van der Waals surface area contributed by atoms with Crippen molar-refractivity contribution < 1.29 is 14.3 Å². The molecule has 2 aliphatic heterocycles. The summed E-state index contributed by atoms with van der Waals surface area (Å²) in [6.45, 7) is 7.00. The summed E-state index contributed by atoms with van der Waals surface area (Å²) < 4.78 is 8.16. The molecular weight excluding hydrogens is 452 g/mol. The first-order valence-electron chi connectivity index (χ1n) is 12.4. The lowest BCUT2D eigenvalue weighted by molar-refractivity contribution is -0.00576. The minimum absolute atomic E-state index is 0.0524. The SMILES string of the molecule is Cc1cc2c(cc1C)C(=O)CC1(CCN(C(=O)c3cnn(-c4ccc5ccccc5n4)c3C)CC1)O2. The lowest BCUT2D eigenvalue weighted by Gasteiger charge is -2.44. The second-order valence-corrected chi connectivity index (χ2v) is 10.0. The fraction of sp³-hybridized carbons (Fsp3) is 0.310. The average Bonchev–Trinajstić information content (AvgIpc) is 3.26. The van der Waals surface area contributed by atoms with Crippen LogP contribution in [0.15, 0.2) is 54.7 Å². The van der Waals surface area contributed by atoms with Gasteiger partial charge >= 0.3 is 0 Å². The van der Waals surface area contributed by atoms with Crippen LogP contribution in [0.1, 0.15) is 56.8 Å². The molecule has 0 unspecified atom stereocenters. The number of aryl methyl sites for hydroxylation is 2. The number of Topliss-reactive ketones (excluding diaryl/α,β-unsaturated/α-hetero) is 1. The van der Waals surface area contributed by atoms with Crippen molar-refractivity contribution in [3.05, 3.63) is 82.7 Å². The average molecular weight is 481 g/mol. The van der Waals surface area contributed by atoms with Crippen molar-refractivity contribution in [1.29, 1.82) is 0 Å². The van der Waals surface area contributed by atoms with Crippen LogP contribution >= 0.6 is 0 Å². The summed E-state index contributed by atoms with van der Waals surface area (Å²) in [6, 6.07) is 15.8. The topological polar surface area (TPSA) is 77.3 Å². The summed E-state index contributed by atoms with van der Waals surface area (Å²) in [5.41, 5.74) is 4.54. The maximum Gasteiger partial charge on any atom is 0.257 e. The lowest BCUT2D eigenvalue weighted by atomic mass is 9.81. The first kappa shape index (κ1) is 22.5. The number of piperidine rings is 1. The second-order valence-electron chi connectivity index (χ2n) is 10.0. The highest BCUT2D eigenvalue weighted by molar-refractivity contribution is 6.01. The molecule has 0 saturated carbocycles. The van der Waals surface area contributed by atoms with Gasteiger partial charge in [-0.1, -0.05) is 18.2 Å². The van der Waals surface area contributed by atoms with Gasteiger partial charge < -0.3 is 9.64 Å². The number of fused-ring (bicyclic) bond motifs is 2. The number of amides is 1. The monoisotopic (exact) mass is 480 g/mol. The number of ether oxygens (including phenoxy) is 1. The van der Waals surface area contributed by atoms with Crippen molar-refractivity contribution in [2.75, 3.05) is 13.1 Å². The van der Waals surface area contributed by atoms with Crippen LogP contribution in [0.4, 0.5) is 0 Å². The van der Waals surface area contributed by atoms with E-state index < -0.39 is 5.60 Å². The van der Waals surface area contributed by atoms with E-state index in [1.165, 1.54) is 0 Å². The van der Waals surface area contributed by atoms with Crippen molar-refractivity contribution in [2.45, 2.75) is 45.6 Å². The minimum Gasteiger partial charge on any atom is -0.486 e. The molecule has 182 valence electrons. The molecule has 0 bridgehead atoms. The fourth-order valence-corrected chi connectivity index (χ4v) is 5.34. The van der Waals surface area contributed by atoms with Crippen LogP contribution in [-0.4, -0.2) is 50.0 Å². The van der Waals surface area contributed by atoms with Gasteiger partial charge in [0, 0.05) is 31.3 Å². The number of aromatic nitrogens is 3. The maximum absolute atomic E-state index is 13.4. The van der Waals surface area contributed by atoms with Gasteiger partial charge in [-0.15, -0.1) is 0 Å². The van der Waals surface area contributed by atoms with E-state index in [1.54, 1.807) is 10.9 Å². The summed E-state index contributed by atoms with van der Waals surface area (Å²) >= 11 is 0. The molecule has 4 aromatic rings. The third-order valence-corrected chi connectivity index (χ3v) is 7.71. The van der Waals surface area contributed by atoms with E-state index in [4.69, 9.17) is 9.72 Å². The van der Waals surface area contributed by atoms with Crippen LogP contribution in [0.3, 0.4) is 0 Å². The van der Waals surface area contributed by atoms with Crippen molar-refractivity contribution in [1.82, 2.24) is 19.7 Å². The smallest absolute Gasteiger partial charge is 0.257 e. The first-order valence-corrected chi connectivity index (χ1v) is 12.4. The van der Waals surface area contributed by atoms with Gasteiger partial charge in [0.15, 0.2) is 11.6 Å². The van der Waals surface area contributed by atoms with Crippen LogP contribution in [-0.2, 0) is 0 Å². The Kier molecular flexibility index (Phi) is 5.18. The number of rotatable bonds is 2. The van der Waals surface area contributed by atoms with Crippen molar-refractivity contribution >= 4 is 22.6 Å². The highest BCUT2D eigenvalue weighted by Crippen LogP contribution is 2.40. The second kappa shape index (κ2) is 8.29. The standard InChI is InChI=1S/C29H28N4O3/c1-18-14-22-25(34)16-29(36-26(22)15-19(18)2)10-12-32(13-11-29)28(35)23-17-30-33(20(23)3)27-9-8-21-6-4-5-7-24(21)31-27/h4-9,14-15,17H,10-13,16H2,1-3H3. The molecule has 0 N–H and O–H groups in total. The van der Waals surface area contributed by atoms with Crippen LogP contribution in [0, 0.1) is 20.8 Å². The summed E-state index contributed by atoms with van der Waals surface area (Å²) in [4.78, 5) is 32.9. The largest absolute Gasteiger partial charge is 0.486 e. The molecule has 4 heterocycles. The molecule has 6 rings (SSSR count). The van der Waals surface area contributed by atoms with Crippen LogP contribution in [0.25, 0.3) is 16.7 Å². The number of likely N-dealkylation sites (tertiary alicyclic amines) is 1. The highest BCUT2D eigenvalue weighted by atomic mass is 16.5. The molecular formula is C29H28N4O3. The van der Waals surface area contributed by atoms with Crippen LogP contribution in [0.5, 0.6) is 5.75 Å². The number of benzene rings is 2. The molecule has 36 heavy (non-hydrogen) atoms. The van der Waals surface area contributed by atoms with E-state index in [0.717, 1.165) is 27.7 Å². The highest BCUT2D eigenvalue weighted by Gasteiger charge is 2.44. The lowest BCUT2D eigenvalue weighted by Crippen LogP contribution is -2.52. The van der Waals surface area contributed by atoms with E-state index in [9.17, 15) is 9.59 Å². The van der Waals surface area contributed by atoms with Gasteiger partial charge in [-0.2, -0.15) is 5.10 Å². The van der Waals surface area contributed by atoms with Gasteiger partial charge in [-0.3, -0.25) is 9.59 Å². The molecule has 2 aromatic heterocycles. The molecule has 0 atom stereocenters. The molecule has 0 aliphatic carbocycles. The Labute approximate surface area is 209 Å². The number of ketones is 1. The number of carbonyl (C=O) groups excluding carboxylic acids is 2. The van der Waals surface area contributed by atoms with E-state index in [1.807, 2.05) is 74.2 Å². The zero-order valence-corrected chi connectivity index (χ0v) is 20.7. The molecule has 2 aromatic carbocycles. The molecule has 7 heteroatoms. The Bertz CT molecular complexity index is 1530. The Morgan fingerprint density at radius 1 is 1.00 bits per heavy atom. The number of nitrogens with zero attached hydrogens (tertiary/aromatic N) is 4. The number of hydrogen-bond acceptors (Lipinski definition) is 5. The molecule has 7 nitrogen and oxygen atoms in total. The Hall–Kier alpha value is -4.00. The van der Waals surface area contributed by atoms with Gasteiger partial charge in [-0.05, 0) is 62.2 Å². The molecule has 1 fully saturated rings. The summed E-state index contributed by atoms with van der Waals surface area (Å²) in [5, 5.41) is 5.54. The minimum atomic E-state index is -0.545. The normalized spacial score (nSPS) is 16.8. The Morgan fingerprint density at radius 2 is 1.75 bits per heavy atom. The summed E-state index contributed by atoms with van der Waals surface area (Å²) in [6.07, 6.45) is 3.22. The van der Waals surface area contributed by atoms with Crippen molar-refractivity contribution in [3.63, 3.8) is 0 Å². The van der Waals surface area contributed by atoms with Gasteiger partial charge in [0.05, 0.1) is 35.0 Å². The maximum atomic E-state index is 13.4. The zero-order valence-electron chi connectivity index (χ0n) is 20.7. The van der Waals surface area contributed by atoms with Gasteiger partial charge in [0.2, 0.25) is 0 Å². The molecule has 2 aliphatic rings. The van der Waals surface area contributed by atoms with E-state index in [2.05, 4.69) is 5.10 Å².